The van der Waals surface area contributed by atoms with Gasteiger partial charge in [-0.2, -0.15) is 0 Å². The van der Waals surface area contributed by atoms with Gasteiger partial charge in [-0.25, -0.2) is 0 Å². The van der Waals surface area contributed by atoms with E-state index >= 15 is 0 Å². The maximum Gasteiger partial charge on any atom is 0.136 e. The van der Waals surface area contributed by atoms with Crippen LogP contribution >= 0.6 is 0 Å². The summed E-state index contributed by atoms with van der Waals surface area (Å²) in [6.45, 7) is 0. The Morgan fingerprint density at radius 1 is 0.395 bits per heavy atom. The van der Waals surface area contributed by atoms with Crippen LogP contribution in [0, 0.1) is 0 Å². The van der Waals surface area contributed by atoms with Crippen LogP contribution in [-0.2, 0) is 0 Å². The monoisotopic (exact) mass is 555 g/mol. The van der Waals surface area contributed by atoms with E-state index in [4.69, 9.17) is 11.3 Å². The molecule has 0 aliphatic rings. The third-order valence-corrected chi connectivity index (χ3v) is 8.10. The lowest BCUT2D eigenvalue weighted by Gasteiger charge is -2.19. The van der Waals surface area contributed by atoms with Crippen LogP contribution in [0.15, 0.2) is 162 Å². The van der Waals surface area contributed by atoms with Crippen LogP contribution in [0.2, 0.25) is 0 Å². The fourth-order valence-corrected chi connectivity index (χ4v) is 6.24. The summed E-state index contributed by atoms with van der Waals surface area (Å²) < 4.78 is 86.0. The van der Waals surface area contributed by atoms with Crippen LogP contribution in [0.3, 0.4) is 0 Å². The molecule has 8 aromatic carbocycles. The average Bonchev–Trinajstić information content (AvgIpc) is 3.59. The summed E-state index contributed by atoms with van der Waals surface area (Å²) in [6, 6.07) is 30.6. The van der Waals surface area contributed by atoms with E-state index in [9.17, 15) is 5.48 Å². The molecule has 0 fully saturated rings. The number of benzene rings is 8. The molecule has 0 unspecified atom stereocenters. The molecule has 9 aromatic rings. The zero-order valence-electron chi connectivity index (χ0n) is 31.7. The Balaban J connectivity index is 1.45. The van der Waals surface area contributed by atoms with E-state index in [1.54, 1.807) is 0 Å². The lowest BCUT2D eigenvalue weighted by Crippen LogP contribution is -1.92. The minimum absolute atomic E-state index is 0.000648. The lowest BCUT2D eigenvalue weighted by molar-refractivity contribution is 0.669. The SMILES string of the molecule is [2H]c1c(-c2c3ccccc3c(-c3ccccc3-c3ccccc3)c3ccccc23)c([2H])c2c(oc3c([2H])c4c([2H])c([2H])c([2H])c([2H])c4c([2H])c32)c1[2H]. The molecule has 1 heterocycles. The Morgan fingerprint density at radius 3 is 1.65 bits per heavy atom. The molecule has 0 aliphatic carbocycles. The van der Waals surface area contributed by atoms with Gasteiger partial charge < -0.3 is 4.42 Å². The molecule has 0 amide bonds. The summed E-state index contributed by atoms with van der Waals surface area (Å²) in [7, 11) is 0. The first kappa shape index (κ1) is 16.7. The molecule has 43 heavy (non-hydrogen) atoms. The van der Waals surface area contributed by atoms with E-state index in [0.717, 1.165) is 43.8 Å². The molecule has 0 saturated heterocycles. The Labute approximate surface area is 261 Å². The van der Waals surface area contributed by atoms with Gasteiger partial charge in [0.15, 0.2) is 0 Å². The first-order valence-electron chi connectivity index (χ1n) is 18.6. The van der Waals surface area contributed by atoms with Crippen molar-refractivity contribution in [2.75, 3.05) is 0 Å². The molecule has 0 radical (unpaired) electrons. The summed E-state index contributed by atoms with van der Waals surface area (Å²) in [5.74, 6) is 0. The van der Waals surface area contributed by atoms with Crippen molar-refractivity contribution in [1.29, 1.82) is 0 Å². The summed E-state index contributed by atoms with van der Waals surface area (Å²) in [4.78, 5) is 0. The van der Waals surface area contributed by atoms with Gasteiger partial charge in [-0.3, -0.25) is 0 Å². The van der Waals surface area contributed by atoms with Gasteiger partial charge in [0.25, 0.3) is 0 Å². The normalized spacial score (nSPS) is 14.7. The molecule has 0 saturated carbocycles. The third-order valence-electron chi connectivity index (χ3n) is 8.10. The van der Waals surface area contributed by atoms with E-state index in [2.05, 4.69) is 24.3 Å². The third kappa shape index (κ3) is 3.72. The Hall–Kier alpha value is -5.66. The average molecular weight is 556 g/mol. The van der Waals surface area contributed by atoms with Gasteiger partial charge in [0.2, 0.25) is 0 Å². The van der Waals surface area contributed by atoms with Gasteiger partial charge in [-0.15, -0.1) is 0 Å². The highest BCUT2D eigenvalue weighted by molar-refractivity contribution is 6.23. The highest BCUT2D eigenvalue weighted by atomic mass is 16.3. The smallest absolute Gasteiger partial charge is 0.136 e. The van der Waals surface area contributed by atoms with Gasteiger partial charge >= 0.3 is 0 Å². The molecule has 1 aromatic heterocycles. The summed E-state index contributed by atoms with van der Waals surface area (Å²) in [6.07, 6.45) is 0. The Bertz CT molecular complexity index is 2950. The minimum atomic E-state index is -0.536. The first-order chi connectivity index (χ1) is 25.1. The quantitative estimate of drug-likeness (QED) is 0.198. The van der Waals surface area contributed by atoms with Crippen molar-refractivity contribution in [3.8, 4) is 33.4 Å². The Morgan fingerprint density at radius 2 is 0.953 bits per heavy atom. The van der Waals surface area contributed by atoms with Crippen LogP contribution in [0.25, 0.3) is 87.6 Å². The predicted molar refractivity (Wildman–Crippen MR) is 183 cm³/mol. The second-order valence-corrected chi connectivity index (χ2v) is 10.5. The molecule has 1 nitrogen and oxygen atoms in total. The van der Waals surface area contributed by atoms with Crippen LogP contribution in [-0.4, -0.2) is 0 Å². The lowest BCUT2D eigenvalue weighted by atomic mass is 9.83. The van der Waals surface area contributed by atoms with E-state index < -0.39 is 24.2 Å². The Kier molecular flexibility index (Phi) is 3.67. The van der Waals surface area contributed by atoms with Crippen molar-refractivity contribution < 1.29 is 16.8 Å². The number of fused-ring (bicyclic) bond motifs is 6. The fraction of sp³-hybridized carbons (Fsp3) is 0. The summed E-state index contributed by atoms with van der Waals surface area (Å²) in [5.41, 5.74) is 4.53. The highest BCUT2D eigenvalue weighted by Gasteiger charge is 2.19. The van der Waals surface area contributed by atoms with Crippen molar-refractivity contribution in [3.63, 3.8) is 0 Å². The standard InChI is InChI=1S/C42H26O/c1-2-12-27(13-3-1)31-16-6-7-17-32(31)42-35-20-10-8-18-33(35)41(34-19-9-11-21-36(34)42)30-22-23-39-37(25-30)38-24-28-14-4-5-15-29(28)26-40(38)43-39/h1-26H/i4D,5D,14D,15D,22D,23D,24D,25D,26D. The van der Waals surface area contributed by atoms with Gasteiger partial charge in [0.1, 0.15) is 11.2 Å². The van der Waals surface area contributed by atoms with E-state index in [0.29, 0.717) is 5.56 Å². The van der Waals surface area contributed by atoms with Crippen LogP contribution in [0.5, 0.6) is 0 Å². The van der Waals surface area contributed by atoms with Crippen molar-refractivity contribution in [3.05, 3.63) is 158 Å². The van der Waals surface area contributed by atoms with Crippen molar-refractivity contribution >= 4 is 54.3 Å². The zero-order chi connectivity index (χ0) is 36.2. The molecule has 0 spiro atoms. The fourth-order valence-electron chi connectivity index (χ4n) is 6.24. The van der Waals surface area contributed by atoms with Gasteiger partial charge in [-0.1, -0.05) is 133 Å². The highest BCUT2D eigenvalue weighted by Crippen LogP contribution is 2.46. The van der Waals surface area contributed by atoms with E-state index in [-0.39, 0.29) is 68.5 Å². The van der Waals surface area contributed by atoms with Crippen LogP contribution < -0.4 is 0 Å². The topological polar surface area (TPSA) is 13.1 Å². The van der Waals surface area contributed by atoms with E-state index in [1.165, 1.54) is 0 Å². The maximum absolute atomic E-state index is 9.72. The molecular weight excluding hydrogens is 520 g/mol. The maximum atomic E-state index is 9.72. The molecule has 0 aliphatic heterocycles. The molecule has 0 N–H and O–H groups in total. The molecule has 9 rings (SSSR count). The van der Waals surface area contributed by atoms with Crippen LogP contribution in [0.4, 0.5) is 0 Å². The zero-order valence-corrected chi connectivity index (χ0v) is 22.7. The summed E-state index contributed by atoms with van der Waals surface area (Å²) >= 11 is 0. The second kappa shape index (κ2) is 9.44. The number of hydrogen-bond acceptors (Lipinski definition) is 1. The first-order valence-corrected chi connectivity index (χ1v) is 14.1. The largest absolute Gasteiger partial charge is 0.456 e. The molecule has 200 valence electrons. The van der Waals surface area contributed by atoms with Gasteiger partial charge in [-0.05, 0) is 89.9 Å². The molecule has 0 atom stereocenters. The number of rotatable bonds is 3. The summed E-state index contributed by atoms with van der Waals surface area (Å²) in [5, 5.41) is 3.02. The molecular formula is C42H26O. The van der Waals surface area contributed by atoms with Crippen LogP contribution in [0.1, 0.15) is 12.3 Å². The van der Waals surface area contributed by atoms with Crippen molar-refractivity contribution in [2.45, 2.75) is 0 Å². The van der Waals surface area contributed by atoms with Gasteiger partial charge in [0, 0.05) is 10.8 Å². The predicted octanol–water partition coefficient (Wildman–Crippen LogP) is 12.0. The van der Waals surface area contributed by atoms with Crippen molar-refractivity contribution in [2.24, 2.45) is 0 Å². The number of hydrogen-bond donors (Lipinski definition) is 0. The number of furan rings is 1. The van der Waals surface area contributed by atoms with Gasteiger partial charge in [0.05, 0.1) is 12.3 Å². The second-order valence-electron chi connectivity index (χ2n) is 10.5. The molecule has 0 bridgehead atoms. The van der Waals surface area contributed by atoms with Crippen molar-refractivity contribution in [1.82, 2.24) is 0 Å². The van der Waals surface area contributed by atoms with E-state index in [1.807, 2.05) is 78.9 Å². The molecule has 1 heteroatoms. The minimum Gasteiger partial charge on any atom is -0.456 e.